The molecule has 0 aromatic carbocycles. The second-order valence-corrected chi connectivity index (χ2v) is 4.84. The molecular weight excluding hydrogens is 278 g/mol. The maximum Gasteiger partial charge on any atom is 0.316 e. The van der Waals surface area contributed by atoms with Crippen molar-refractivity contribution < 1.29 is 14.1 Å². The van der Waals surface area contributed by atoms with Gasteiger partial charge < -0.3 is 9.26 Å². The SMILES string of the molecule is CCOC(=O)CSc1ccc(-c2nc(CC)no2)cn1. The zero-order chi connectivity index (χ0) is 14.4. The number of carbonyl (C=O) groups is 1. The second kappa shape index (κ2) is 7.04. The first kappa shape index (κ1) is 14.5. The van der Waals surface area contributed by atoms with Gasteiger partial charge >= 0.3 is 5.97 Å². The fraction of sp³-hybridized carbons (Fsp3) is 0.385. The van der Waals surface area contributed by atoms with E-state index in [2.05, 4.69) is 15.1 Å². The molecule has 0 saturated carbocycles. The third kappa shape index (κ3) is 3.80. The summed E-state index contributed by atoms with van der Waals surface area (Å²) in [7, 11) is 0. The summed E-state index contributed by atoms with van der Waals surface area (Å²) in [5.74, 6) is 1.13. The summed E-state index contributed by atoms with van der Waals surface area (Å²) in [6.45, 7) is 4.13. The topological polar surface area (TPSA) is 78.1 Å². The molecule has 20 heavy (non-hydrogen) atoms. The first-order valence-corrected chi connectivity index (χ1v) is 7.29. The number of aromatic nitrogens is 3. The highest BCUT2D eigenvalue weighted by Crippen LogP contribution is 2.20. The Hall–Kier alpha value is -1.89. The van der Waals surface area contributed by atoms with Crippen molar-refractivity contribution in [3.63, 3.8) is 0 Å². The Morgan fingerprint density at radius 1 is 1.40 bits per heavy atom. The Morgan fingerprint density at radius 2 is 2.25 bits per heavy atom. The second-order valence-electron chi connectivity index (χ2n) is 3.85. The van der Waals surface area contributed by atoms with Crippen molar-refractivity contribution in [2.75, 3.05) is 12.4 Å². The van der Waals surface area contributed by atoms with Crippen molar-refractivity contribution in [2.45, 2.75) is 25.3 Å². The van der Waals surface area contributed by atoms with Gasteiger partial charge in [-0.05, 0) is 19.1 Å². The van der Waals surface area contributed by atoms with Gasteiger partial charge in [0.1, 0.15) is 0 Å². The normalized spacial score (nSPS) is 10.5. The Balaban J connectivity index is 1.97. The van der Waals surface area contributed by atoms with E-state index < -0.39 is 0 Å². The van der Waals surface area contributed by atoms with E-state index >= 15 is 0 Å². The van der Waals surface area contributed by atoms with Crippen LogP contribution in [0.3, 0.4) is 0 Å². The van der Waals surface area contributed by atoms with Gasteiger partial charge in [0.2, 0.25) is 0 Å². The Morgan fingerprint density at radius 3 is 2.85 bits per heavy atom. The molecule has 0 fully saturated rings. The molecule has 106 valence electrons. The van der Waals surface area contributed by atoms with Crippen LogP contribution < -0.4 is 0 Å². The highest BCUT2D eigenvalue weighted by Gasteiger charge is 2.09. The lowest BCUT2D eigenvalue weighted by Crippen LogP contribution is -2.06. The zero-order valence-electron chi connectivity index (χ0n) is 11.3. The predicted octanol–water partition coefficient (Wildman–Crippen LogP) is 2.35. The number of hydrogen-bond donors (Lipinski definition) is 0. The Bertz CT molecular complexity index is 568. The fourth-order valence-electron chi connectivity index (χ4n) is 1.44. The predicted molar refractivity (Wildman–Crippen MR) is 74.3 cm³/mol. The van der Waals surface area contributed by atoms with E-state index in [4.69, 9.17) is 9.26 Å². The van der Waals surface area contributed by atoms with E-state index in [0.29, 0.717) is 18.3 Å². The van der Waals surface area contributed by atoms with Gasteiger partial charge in [0.05, 0.1) is 22.9 Å². The first-order chi connectivity index (χ1) is 9.72. The van der Waals surface area contributed by atoms with E-state index in [9.17, 15) is 4.79 Å². The van der Waals surface area contributed by atoms with E-state index in [0.717, 1.165) is 17.0 Å². The summed E-state index contributed by atoms with van der Waals surface area (Å²) < 4.78 is 9.98. The summed E-state index contributed by atoms with van der Waals surface area (Å²) in [6, 6.07) is 3.66. The summed E-state index contributed by atoms with van der Waals surface area (Å²) in [5, 5.41) is 4.58. The number of rotatable bonds is 6. The van der Waals surface area contributed by atoms with Crippen LogP contribution in [-0.2, 0) is 16.0 Å². The lowest BCUT2D eigenvalue weighted by molar-refractivity contribution is -0.139. The minimum Gasteiger partial charge on any atom is -0.465 e. The lowest BCUT2D eigenvalue weighted by atomic mass is 10.3. The van der Waals surface area contributed by atoms with Crippen molar-refractivity contribution >= 4 is 17.7 Å². The number of aryl methyl sites for hydroxylation is 1. The molecule has 2 aromatic heterocycles. The van der Waals surface area contributed by atoms with Gasteiger partial charge in [0, 0.05) is 12.6 Å². The number of esters is 1. The molecule has 0 spiro atoms. The van der Waals surface area contributed by atoms with Crippen molar-refractivity contribution in [1.29, 1.82) is 0 Å². The van der Waals surface area contributed by atoms with Crippen LogP contribution in [0.15, 0.2) is 27.9 Å². The maximum absolute atomic E-state index is 11.2. The van der Waals surface area contributed by atoms with Gasteiger partial charge in [-0.15, -0.1) is 0 Å². The number of hydrogen-bond acceptors (Lipinski definition) is 7. The molecule has 0 N–H and O–H groups in total. The molecule has 2 aromatic rings. The average Bonchev–Trinajstić information content (AvgIpc) is 2.95. The molecule has 0 saturated heterocycles. The molecule has 0 bridgehead atoms. The average molecular weight is 293 g/mol. The molecule has 7 heteroatoms. The van der Waals surface area contributed by atoms with Gasteiger partial charge in [0.25, 0.3) is 5.89 Å². The minimum absolute atomic E-state index is 0.243. The molecule has 0 aliphatic heterocycles. The highest BCUT2D eigenvalue weighted by molar-refractivity contribution is 7.99. The van der Waals surface area contributed by atoms with Crippen LogP contribution in [0.5, 0.6) is 0 Å². The molecule has 0 aliphatic carbocycles. The molecule has 6 nitrogen and oxygen atoms in total. The van der Waals surface area contributed by atoms with E-state index in [1.165, 1.54) is 11.8 Å². The molecule has 0 amide bonds. The van der Waals surface area contributed by atoms with Crippen molar-refractivity contribution in [3.05, 3.63) is 24.2 Å². The summed E-state index contributed by atoms with van der Waals surface area (Å²) >= 11 is 1.33. The van der Waals surface area contributed by atoms with Crippen LogP contribution in [0.4, 0.5) is 0 Å². The molecule has 2 heterocycles. The maximum atomic E-state index is 11.2. The van der Waals surface area contributed by atoms with Crippen LogP contribution in [0.2, 0.25) is 0 Å². The van der Waals surface area contributed by atoms with Gasteiger partial charge in [-0.25, -0.2) is 4.98 Å². The smallest absolute Gasteiger partial charge is 0.316 e. The lowest BCUT2D eigenvalue weighted by Gasteiger charge is -2.01. The molecule has 0 atom stereocenters. The molecule has 0 unspecified atom stereocenters. The third-order valence-electron chi connectivity index (χ3n) is 2.41. The number of thioether (sulfide) groups is 1. The van der Waals surface area contributed by atoms with Gasteiger partial charge in [0.15, 0.2) is 5.82 Å². The van der Waals surface area contributed by atoms with Crippen LogP contribution >= 0.6 is 11.8 Å². The fourth-order valence-corrected chi connectivity index (χ4v) is 2.08. The quantitative estimate of drug-likeness (QED) is 0.597. The number of carbonyl (C=O) groups excluding carboxylic acids is 1. The molecule has 2 rings (SSSR count). The highest BCUT2D eigenvalue weighted by atomic mass is 32.2. The van der Waals surface area contributed by atoms with Gasteiger partial charge in [-0.3, -0.25) is 4.79 Å². The van der Waals surface area contributed by atoms with E-state index in [1.54, 1.807) is 13.1 Å². The Kier molecular flexibility index (Phi) is 5.11. The minimum atomic E-state index is -0.243. The van der Waals surface area contributed by atoms with E-state index in [1.807, 2.05) is 19.1 Å². The zero-order valence-corrected chi connectivity index (χ0v) is 12.1. The molecule has 0 aliphatic rings. The van der Waals surface area contributed by atoms with E-state index in [-0.39, 0.29) is 11.7 Å². The third-order valence-corrected chi connectivity index (χ3v) is 3.33. The molecule has 0 radical (unpaired) electrons. The van der Waals surface area contributed by atoms with Crippen LogP contribution in [0.1, 0.15) is 19.7 Å². The molecular formula is C13H15N3O3S. The number of nitrogens with zero attached hydrogens (tertiary/aromatic N) is 3. The number of ether oxygens (including phenoxy) is 1. The van der Waals surface area contributed by atoms with Gasteiger partial charge in [-0.2, -0.15) is 4.98 Å². The van der Waals surface area contributed by atoms with Crippen molar-refractivity contribution in [1.82, 2.24) is 15.1 Å². The van der Waals surface area contributed by atoms with Gasteiger partial charge in [-0.1, -0.05) is 23.8 Å². The van der Waals surface area contributed by atoms with Crippen LogP contribution in [-0.4, -0.2) is 33.5 Å². The van der Waals surface area contributed by atoms with Crippen molar-refractivity contribution in [2.24, 2.45) is 0 Å². The summed E-state index contributed by atoms with van der Waals surface area (Å²) in [6.07, 6.45) is 2.38. The first-order valence-electron chi connectivity index (χ1n) is 6.30. The monoisotopic (exact) mass is 293 g/mol. The standard InChI is InChI=1S/C13H15N3O3S/c1-3-10-15-13(19-16-10)9-5-6-11(14-7-9)20-8-12(17)18-4-2/h5-7H,3-4,8H2,1-2H3. The van der Waals surface area contributed by atoms with Crippen LogP contribution in [0, 0.1) is 0 Å². The number of pyridine rings is 1. The summed E-state index contributed by atoms with van der Waals surface area (Å²) in [5.41, 5.74) is 0.762. The largest absolute Gasteiger partial charge is 0.465 e. The Labute approximate surface area is 120 Å². The van der Waals surface area contributed by atoms with Crippen LogP contribution in [0.25, 0.3) is 11.5 Å². The van der Waals surface area contributed by atoms with Crippen molar-refractivity contribution in [3.8, 4) is 11.5 Å². The summed E-state index contributed by atoms with van der Waals surface area (Å²) in [4.78, 5) is 19.7.